The van der Waals surface area contributed by atoms with E-state index in [0.29, 0.717) is 12.5 Å². The maximum Gasteiger partial charge on any atom is 0.0502 e. The van der Waals surface area contributed by atoms with Crippen molar-refractivity contribution >= 4 is 0 Å². The first-order valence-electron chi connectivity index (χ1n) is 6.10. The Hall–Kier alpha value is -0.860. The zero-order valence-electron chi connectivity index (χ0n) is 9.95. The number of fused-ring (bicyclic) bond motifs is 1. The van der Waals surface area contributed by atoms with E-state index in [4.69, 9.17) is 5.73 Å². The first-order chi connectivity index (χ1) is 7.71. The van der Waals surface area contributed by atoms with Crippen LogP contribution in [0.1, 0.15) is 36.8 Å². The second kappa shape index (κ2) is 4.56. The summed E-state index contributed by atoms with van der Waals surface area (Å²) in [6.45, 7) is 2.81. The second-order valence-electron chi connectivity index (χ2n) is 5.16. The molecule has 0 aliphatic heterocycles. The van der Waals surface area contributed by atoms with Gasteiger partial charge in [-0.3, -0.25) is 0 Å². The molecule has 88 valence electrons. The zero-order chi connectivity index (χ0) is 11.6. The van der Waals surface area contributed by atoms with Crippen molar-refractivity contribution in [3.8, 4) is 0 Å². The molecule has 1 aromatic rings. The van der Waals surface area contributed by atoms with Crippen molar-refractivity contribution < 1.29 is 5.11 Å². The van der Waals surface area contributed by atoms with Crippen molar-refractivity contribution in [3.05, 3.63) is 35.4 Å². The number of benzene rings is 1. The Morgan fingerprint density at radius 1 is 1.44 bits per heavy atom. The molecule has 3 N–H and O–H groups in total. The van der Waals surface area contributed by atoms with Gasteiger partial charge in [-0.25, -0.2) is 0 Å². The minimum Gasteiger partial charge on any atom is -0.396 e. The smallest absolute Gasteiger partial charge is 0.0502 e. The van der Waals surface area contributed by atoms with Gasteiger partial charge in [0.2, 0.25) is 0 Å². The highest BCUT2D eigenvalue weighted by Gasteiger charge is 2.35. The van der Waals surface area contributed by atoms with Crippen LogP contribution in [0.3, 0.4) is 0 Å². The Bertz CT molecular complexity index is 358. The van der Waals surface area contributed by atoms with E-state index in [9.17, 15) is 5.11 Å². The van der Waals surface area contributed by atoms with Gasteiger partial charge in [0, 0.05) is 12.0 Å². The van der Waals surface area contributed by atoms with E-state index in [0.717, 1.165) is 6.42 Å². The first-order valence-corrected chi connectivity index (χ1v) is 6.10. The quantitative estimate of drug-likeness (QED) is 0.817. The highest BCUT2D eigenvalue weighted by atomic mass is 16.3. The van der Waals surface area contributed by atoms with Gasteiger partial charge in [-0.2, -0.15) is 0 Å². The van der Waals surface area contributed by atoms with Crippen LogP contribution in [0.15, 0.2) is 24.3 Å². The molecule has 0 aromatic heterocycles. The van der Waals surface area contributed by atoms with Gasteiger partial charge in [0.15, 0.2) is 0 Å². The molecule has 0 amide bonds. The van der Waals surface area contributed by atoms with E-state index < -0.39 is 0 Å². The summed E-state index contributed by atoms with van der Waals surface area (Å²) in [4.78, 5) is 0. The summed E-state index contributed by atoms with van der Waals surface area (Å²) in [7, 11) is 0. The lowest BCUT2D eigenvalue weighted by Crippen LogP contribution is -2.38. The van der Waals surface area contributed by atoms with E-state index in [1.165, 1.54) is 24.0 Å². The monoisotopic (exact) mass is 219 g/mol. The molecule has 1 aromatic carbocycles. The summed E-state index contributed by atoms with van der Waals surface area (Å²) < 4.78 is 0. The molecule has 2 nitrogen and oxygen atoms in total. The van der Waals surface area contributed by atoms with Gasteiger partial charge in [-0.15, -0.1) is 0 Å². The van der Waals surface area contributed by atoms with E-state index in [1.54, 1.807) is 0 Å². The highest BCUT2D eigenvalue weighted by Crippen LogP contribution is 2.43. The molecule has 0 saturated carbocycles. The molecule has 16 heavy (non-hydrogen) atoms. The summed E-state index contributed by atoms with van der Waals surface area (Å²) in [5, 5.41) is 9.58. The van der Waals surface area contributed by atoms with Gasteiger partial charge in [-0.1, -0.05) is 31.2 Å². The van der Waals surface area contributed by atoms with Gasteiger partial charge >= 0.3 is 0 Å². The largest absolute Gasteiger partial charge is 0.396 e. The second-order valence-corrected chi connectivity index (χ2v) is 5.16. The molecule has 0 fully saturated rings. The first kappa shape index (κ1) is 11.6. The molecule has 2 heteroatoms. The Morgan fingerprint density at radius 3 is 2.88 bits per heavy atom. The van der Waals surface area contributed by atoms with Gasteiger partial charge in [0.05, 0.1) is 6.61 Å². The number of rotatable bonds is 3. The number of hydrogen-bond donors (Lipinski definition) is 2. The number of nitrogens with two attached hydrogens (primary N) is 1. The predicted octanol–water partition coefficient (Wildman–Crippen LogP) is 2.06. The van der Waals surface area contributed by atoms with Crippen LogP contribution < -0.4 is 5.73 Å². The molecular formula is C14H21NO. The van der Waals surface area contributed by atoms with Crippen LogP contribution in [0.5, 0.6) is 0 Å². The van der Waals surface area contributed by atoms with Gasteiger partial charge in [0.25, 0.3) is 0 Å². The van der Waals surface area contributed by atoms with Gasteiger partial charge in [0.1, 0.15) is 0 Å². The Labute approximate surface area is 97.5 Å². The number of aliphatic hydroxyl groups is 1. The predicted molar refractivity (Wildman–Crippen MR) is 66.4 cm³/mol. The van der Waals surface area contributed by atoms with Crippen LogP contribution in [-0.2, 0) is 6.42 Å². The zero-order valence-corrected chi connectivity index (χ0v) is 9.95. The maximum absolute atomic E-state index is 9.58. The summed E-state index contributed by atoms with van der Waals surface area (Å²) in [6.07, 6.45) is 3.52. The molecule has 1 aliphatic carbocycles. The average molecular weight is 219 g/mol. The standard InChI is InChI=1S/C14H21NO/c1-14(9-15,10-16)13-8-4-6-11-5-2-3-7-12(11)13/h2-3,5,7,13,16H,4,6,8-10,15H2,1H3. The third kappa shape index (κ3) is 1.87. The summed E-state index contributed by atoms with van der Waals surface area (Å²) in [5.41, 5.74) is 8.51. The minimum absolute atomic E-state index is 0.169. The van der Waals surface area contributed by atoms with Gasteiger partial charge in [-0.05, 0) is 36.3 Å². The number of aliphatic hydroxyl groups excluding tert-OH is 1. The summed E-state index contributed by atoms with van der Waals surface area (Å²) >= 11 is 0. The number of hydrogen-bond acceptors (Lipinski definition) is 2. The molecule has 0 spiro atoms. The fraction of sp³-hybridized carbons (Fsp3) is 0.571. The molecule has 0 heterocycles. The van der Waals surface area contributed by atoms with Crippen LogP contribution in [-0.4, -0.2) is 18.3 Å². The molecule has 0 saturated heterocycles. The summed E-state index contributed by atoms with van der Waals surface area (Å²) in [5.74, 6) is 0.410. The third-order valence-electron chi connectivity index (χ3n) is 4.04. The van der Waals surface area contributed by atoms with Crippen LogP contribution in [0.2, 0.25) is 0 Å². The fourth-order valence-corrected chi connectivity index (χ4v) is 2.79. The molecular weight excluding hydrogens is 198 g/mol. The molecule has 2 unspecified atom stereocenters. The SMILES string of the molecule is CC(CN)(CO)C1CCCc2ccccc21. The van der Waals surface area contributed by atoms with Crippen molar-refractivity contribution in [2.45, 2.75) is 32.1 Å². The average Bonchev–Trinajstić information content (AvgIpc) is 2.37. The van der Waals surface area contributed by atoms with Crippen molar-refractivity contribution in [2.24, 2.45) is 11.1 Å². The lowest BCUT2D eigenvalue weighted by atomic mass is 9.67. The van der Waals surface area contributed by atoms with Crippen molar-refractivity contribution in [3.63, 3.8) is 0 Å². The molecule has 2 atom stereocenters. The lowest BCUT2D eigenvalue weighted by Gasteiger charge is -2.39. The highest BCUT2D eigenvalue weighted by molar-refractivity contribution is 5.34. The minimum atomic E-state index is -0.170. The van der Waals surface area contributed by atoms with Crippen molar-refractivity contribution in [1.82, 2.24) is 0 Å². The van der Waals surface area contributed by atoms with E-state index in [-0.39, 0.29) is 12.0 Å². The molecule has 2 rings (SSSR count). The summed E-state index contributed by atoms with van der Waals surface area (Å²) in [6, 6.07) is 8.59. The topological polar surface area (TPSA) is 46.2 Å². The van der Waals surface area contributed by atoms with Crippen LogP contribution in [0.4, 0.5) is 0 Å². The van der Waals surface area contributed by atoms with E-state index >= 15 is 0 Å². The van der Waals surface area contributed by atoms with E-state index in [1.807, 2.05) is 0 Å². The maximum atomic E-state index is 9.58. The molecule has 0 bridgehead atoms. The molecule has 1 aliphatic rings. The van der Waals surface area contributed by atoms with Crippen molar-refractivity contribution in [1.29, 1.82) is 0 Å². The van der Waals surface area contributed by atoms with E-state index in [2.05, 4.69) is 31.2 Å². The van der Waals surface area contributed by atoms with Crippen molar-refractivity contribution in [2.75, 3.05) is 13.2 Å². The Balaban J connectivity index is 2.38. The lowest BCUT2D eigenvalue weighted by molar-refractivity contribution is 0.112. The fourth-order valence-electron chi connectivity index (χ4n) is 2.79. The molecule has 0 radical (unpaired) electrons. The Kier molecular flexibility index (Phi) is 3.31. The third-order valence-corrected chi connectivity index (χ3v) is 4.04. The van der Waals surface area contributed by atoms with Gasteiger partial charge < -0.3 is 10.8 Å². The number of aryl methyl sites for hydroxylation is 1. The Morgan fingerprint density at radius 2 is 2.19 bits per heavy atom. The van der Waals surface area contributed by atoms with Crippen LogP contribution in [0, 0.1) is 5.41 Å². The normalized spacial score (nSPS) is 23.6. The van der Waals surface area contributed by atoms with Crippen LogP contribution in [0.25, 0.3) is 0 Å². The van der Waals surface area contributed by atoms with Crippen LogP contribution >= 0.6 is 0 Å².